The van der Waals surface area contributed by atoms with Gasteiger partial charge in [0.2, 0.25) is 0 Å². The molecule has 1 aromatic heterocycles. The molecule has 0 unspecified atom stereocenters. The summed E-state index contributed by atoms with van der Waals surface area (Å²) in [6, 6.07) is 6.54. The number of esters is 1. The van der Waals surface area contributed by atoms with Gasteiger partial charge in [0.05, 0.1) is 6.04 Å². The van der Waals surface area contributed by atoms with Crippen LogP contribution in [0.15, 0.2) is 24.3 Å². The van der Waals surface area contributed by atoms with E-state index < -0.39 is 12.1 Å². The van der Waals surface area contributed by atoms with Crippen molar-refractivity contribution in [1.29, 1.82) is 0 Å². The number of benzene rings is 1. The molecular weight excluding hydrogens is 393 g/mol. The Morgan fingerprint density at radius 2 is 1.92 bits per heavy atom. The van der Waals surface area contributed by atoms with E-state index in [0.29, 0.717) is 14.9 Å². The van der Waals surface area contributed by atoms with Gasteiger partial charge in [-0.15, -0.1) is 11.3 Å². The molecule has 0 saturated carbocycles. The van der Waals surface area contributed by atoms with Crippen LogP contribution in [-0.4, -0.2) is 18.0 Å². The van der Waals surface area contributed by atoms with Crippen molar-refractivity contribution < 1.29 is 14.3 Å². The predicted molar refractivity (Wildman–Crippen MR) is 106 cm³/mol. The molecule has 26 heavy (non-hydrogen) atoms. The Kier molecular flexibility index (Phi) is 7.09. The van der Waals surface area contributed by atoms with Crippen molar-refractivity contribution >= 4 is 46.4 Å². The summed E-state index contributed by atoms with van der Waals surface area (Å²) in [7, 11) is 0. The minimum absolute atomic E-state index is 0.343. The largest absolute Gasteiger partial charge is 0.448 e. The molecule has 1 heterocycles. The maximum atomic E-state index is 12.3. The first-order valence-corrected chi connectivity index (χ1v) is 9.85. The van der Waals surface area contributed by atoms with E-state index in [2.05, 4.69) is 5.32 Å². The molecule has 0 saturated heterocycles. The van der Waals surface area contributed by atoms with Crippen LogP contribution in [-0.2, 0) is 16.0 Å². The summed E-state index contributed by atoms with van der Waals surface area (Å²) in [5, 5.41) is 3.79. The number of thiophene rings is 1. The number of rotatable bonds is 6. The van der Waals surface area contributed by atoms with E-state index >= 15 is 0 Å². The molecule has 0 radical (unpaired) electrons. The highest BCUT2D eigenvalue weighted by Crippen LogP contribution is 2.26. The number of hydrogen-bond acceptors (Lipinski definition) is 4. The van der Waals surface area contributed by atoms with E-state index in [-0.39, 0.29) is 11.9 Å². The molecule has 0 aliphatic carbocycles. The molecule has 2 atom stereocenters. The second kappa shape index (κ2) is 8.89. The molecule has 140 valence electrons. The third-order valence-corrected chi connectivity index (χ3v) is 5.91. The summed E-state index contributed by atoms with van der Waals surface area (Å²) in [6.45, 7) is 7.34. The van der Waals surface area contributed by atoms with Crippen molar-refractivity contribution in [2.45, 2.75) is 46.3 Å². The van der Waals surface area contributed by atoms with Crippen LogP contribution in [0.4, 0.5) is 0 Å². The molecule has 7 heteroatoms. The number of nitrogens with one attached hydrogen (secondary N) is 1. The number of carbonyl (C=O) groups excluding carboxylic acids is 2. The highest BCUT2D eigenvalue weighted by Gasteiger charge is 2.23. The second-order valence-corrected chi connectivity index (χ2v) is 7.99. The highest BCUT2D eigenvalue weighted by atomic mass is 35.5. The van der Waals surface area contributed by atoms with Crippen LogP contribution in [0.3, 0.4) is 0 Å². The monoisotopic (exact) mass is 413 g/mol. The zero-order valence-corrected chi connectivity index (χ0v) is 17.4. The lowest BCUT2D eigenvalue weighted by Crippen LogP contribution is -2.37. The van der Waals surface area contributed by atoms with Crippen LogP contribution in [0, 0.1) is 6.92 Å². The van der Waals surface area contributed by atoms with Gasteiger partial charge in [0.1, 0.15) is 4.88 Å². The number of hydrogen-bond donors (Lipinski definition) is 1. The minimum Gasteiger partial charge on any atom is -0.448 e. The fourth-order valence-corrected chi connectivity index (χ4v) is 4.07. The van der Waals surface area contributed by atoms with Gasteiger partial charge in [0.15, 0.2) is 6.10 Å². The summed E-state index contributed by atoms with van der Waals surface area (Å²) in [4.78, 5) is 26.3. The quantitative estimate of drug-likeness (QED) is 0.649. The molecule has 0 fully saturated rings. The van der Waals surface area contributed by atoms with Crippen molar-refractivity contribution in [3.05, 3.63) is 55.2 Å². The lowest BCUT2D eigenvalue weighted by molar-refractivity contribution is -0.129. The zero-order valence-electron chi connectivity index (χ0n) is 15.1. The van der Waals surface area contributed by atoms with Crippen LogP contribution in [0.5, 0.6) is 0 Å². The van der Waals surface area contributed by atoms with Crippen LogP contribution in [0.2, 0.25) is 10.0 Å². The van der Waals surface area contributed by atoms with E-state index in [4.69, 9.17) is 27.9 Å². The molecule has 0 aliphatic heterocycles. The van der Waals surface area contributed by atoms with Crippen molar-refractivity contribution in [1.82, 2.24) is 5.32 Å². The van der Waals surface area contributed by atoms with E-state index in [1.54, 1.807) is 38.1 Å². The lowest BCUT2D eigenvalue weighted by atomic mass is 10.1. The third kappa shape index (κ3) is 5.00. The van der Waals surface area contributed by atoms with E-state index in [1.807, 2.05) is 13.8 Å². The number of aryl methyl sites for hydroxylation is 2. The lowest BCUT2D eigenvalue weighted by Gasteiger charge is -2.19. The number of halogens is 2. The Bertz CT molecular complexity index is 819. The Morgan fingerprint density at radius 1 is 1.23 bits per heavy atom. The molecule has 4 nitrogen and oxygen atoms in total. The molecule has 0 aliphatic rings. The molecule has 1 amide bonds. The summed E-state index contributed by atoms with van der Waals surface area (Å²) < 4.78 is 5.30. The van der Waals surface area contributed by atoms with Crippen molar-refractivity contribution in [3.8, 4) is 0 Å². The first-order chi connectivity index (χ1) is 12.2. The van der Waals surface area contributed by atoms with Gasteiger partial charge in [-0.25, -0.2) is 4.79 Å². The third-order valence-electron chi connectivity index (χ3n) is 3.98. The van der Waals surface area contributed by atoms with E-state index in [9.17, 15) is 9.59 Å². The van der Waals surface area contributed by atoms with Gasteiger partial charge in [-0.1, -0.05) is 36.2 Å². The van der Waals surface area contributed by atoms with Gasteiger partial charge in [0.25, 0.3) is 5.91 Å². The number of carbonyl (C=O) groups is 2. The average Bonchev–Trinajstić information content (AvgIpc) is 2.95. The molecule has 0 spiro atoms. The Hall–Kier alpha value is -1.56. The number of ether oxygens (including phenoxy) is 1. The van der Waals surface area contributed by atoms with Crippen molar-refractivity contribution in [2.24, 2.45) is 0 Å². The molecular formula is C19H21Cl2NO3S. The second-order valence-electron chi connectivity index (χ2n) is 6.01. The van der Waals surface area contributed by atoms with Crippen LogP contribution in [0.25, 0.3) is 0 Å². The number of amides is 1. The minimum atomic E-state index is -0.913. The predicted octanol–water partition coefficient (Wildman–Crippen LogP) is 5.35. The first kappa shape index (κ1) is 20.7. The molecule has 1 aromatic carbocycles. The maximum absolute atomic E-state index is 12.3. The summed E-state index contributed by atoms with van der Waals surface area (Å²) in [6.07, 6.45) is -0.0531. The fourth-order valence-electron chi connectivity index (χ4n) is 2.50. The Balaban J connectivity index is 1.99. The highest BCUT2D eigenvalue weighted by molar-refractivity contribution is 7.14. The van der Waals surface area contributed by atoms with Crippen LogP contribution >= 0.6 is 34.5 Å². The normalized spacial score (nSPS) is 13.2. The van der Waals surface area contributed by atoms with Gasteiger partial charge in [-0.3, -0.25) is 4.79 Å². The Morgan fingerprint density at radius 3 is 2.50 bits per heavy atom. The molecule has 0 bridgehead atoms. The summed E-state index contributed by atoms with van der Waals surface area (Å²) >= 11 is 13.5. The van der Waals surface area contributed by atoms with E-state index in [1.165, 1.54) is 11.3 Å². The molecule has 2 aromatic rings. The van der Waals surface area contributed by atoms with Gasteiger partial charge in [0, 0.05) is 14.9 Å². The summed E-state index contributed by atoms with van der Waals surface area (Å²) in [5.41, 5.74) is 1.80. The van der Waals surface area contributed by atoms with Gasteiger partial charge in [-0.2, -0.15) is 0 Å². The topological polar surface area (TPSA) is 55.4 Å². The molecule has 1 N–H and O–H groups in total. The van der Waals surface area contributed by atoms with Crippen LogP contribution in [0.1, 0.15) is 52.5 Å². The van der Waals surface area contributed by atoms with Gasteiger partial charge >= 0.3 is 5.97 Å². The van der Waals surface area contributed by atoms with Gasteiger partial charge < -0.3 is 10.1 Å². The summed E-state index contributed by atoms with van der Waals surface area (Å²) in [5.74, 6) is -0.876. The SMILES string of the molecule is CCc1sc(C(=O)O[C@@H](C)C(=O)N[C@H](C)c2ccc(Cl)cc2Cl)cc1C. The van der Waals surface area contributed by atoms with Crippen molar-refractivity contribution in [3.63, 3.8) is 0 Å². The first-order valence-electron chi connectivity index (χ1n) is 8.28. The van der Waals surface area contributed by atoms with E-state index in [0.717, 1.165) is 22.4 Å². The Labute approximate surface area is 167 Å². The molecule has 2 rings (SSSR count). The zero-order chi connectivity index (χ0) is 19.4. The fraction of sp³-hybridized carbons (Fsp3) is 0.368. The van der Waals surface area contributed by atoms with Gasteiger partial charge in [-0.05, 0) is 56.5 Å². The average molecular weight is 414 g/mol. The standard InChI is InChI=1S/C19H21Cl2NO3S/c1-5-16-10(2)8-17(26-16)19(24)25-12(4)18(23)22-11(3)14-7-6-13(20)9-15(14)21/h6-9,11-12H,5H2,1-4H3,(H,22,23)/t11-,12+/m1/s1. The smallest absolute Gasteiger partial charge is 0.349 e. The van der Waals surface area contributed by atoms with Crippen LogP contribution < -0.4 is 5.32 Å². The van der Waals surface area contributed by atoms with Crippen molar-refractivity contribution in [2.75, 3.05) is 0 Å². The maximum Gasteiger partial charge on any atom is 0.349 e.